The summed E-state index contributed by atoms with van der Waals surface area (Å²) in [6.45, 7) is 1.96. The number of benzene rings is 1. The third-order valence-electron chi connectivity index (χ3n) is 2.38. The lowest BCUT2D eigenvalue weighted by Gasteiger charge is -1.91. The van der Waals surface area contributed by atoms with E-state index in [9.17, 15) is 5.11 Å². The fourth-order valence-corrected chi connectivity index (χ4v) is 3.62. The van der Waals surface area contributed by atoms with Crippen LogP contribution in [0.3, 0.4) is 0 Å². The zero-order chi connectivity index (χ0) is 11.1. The van der Waals surface area contributed by atoms with E-state index < -0.39 is 0 Å². The minimum absolute atomic E-state index is 0.356. The molecule has 0 saturated heterocycles. The molecule has 3 aromatic rings. The van der Waals surface area contributed by atoms with Gasteiger partial charge in [-0.1, -0.05) is 12.1 Å². The van der Waals surface area contributed by atoms with E-state index in [2.05, 4.69) is 4.98 Å². The number of thiophene rings is 1. The zero-order valence-electron chi connectivity index (χ0n) is 8.60. The highest BCUT2D eigenvalue weighted by Gasteiger charge is 2.14. The number of aromatic nitrogens is 1. The number of aryl methyl sites for hydroxylation is 1. The molecule has 2 nitrogen and oxygen atoms in total. The maximum atomic E-state index is 10.1. The van der Waals surface area contributed by atoms with Crippen LogP contribution in [0.1, 0.15) is 5.69 Å². The molecule has 0 radical (unpaired) electrons. The van der Waals surface area contributed by atoms with Crippen LogP contribution in [0.15, 0.2) is 29.6 Å². The number of nitrogens with zero attached hydrogens (tertiary/aromatic N) is 1. The van der Waals surface area contributed by atoms with Crippen LogP contribution in [0.2, 0.25) is 0 Å². The molecular formula is C12H9NOS2. The first-order valence-electron chi connectivity index (χ1n) is 4.88. The van der Waals surface area contributed by atoms with Gasteiger partial charge < -0.3 is 5.11 Å². The molecule has 3 rings (SSSR count). The minimum atomic E-state index is 0.356. The van der Waals surface area contributed by atoms with Gasteiger partial charge in [0.15, 0.2) is 0 Å². The molecule has 0 aliphatic heterocycles. The van der Waals surface area contributed by atoms with Crippen molar-refractivity contribution < 1.29 is 5.11 Å². The van der Waals surface area contributed by atoms with Gasteiger partial charge in [-0.2, -0.15) is 0 Å². The average molecular weight is 247 g/mol. The van der Waals surface area contributed by atoms with Crippen molar-refractivity contribution in [2.24, 2.45) is 0 Å². The summed E-state index contributed by atoms with van der Waals surface area (Å²) in [6, 6.07) is 7.87. The normalized spacial score (nSPS) is 11.1. The predicted octanol–water partition coefficient (Wildman–Crippen LogP) is 4.04. The van der Waals surface area contributed by atoms with Crippen LogP contribution in [0, 0.1) is 6.92 Å². The zero-order valence-corrected chi connectivity index (χ0v) is 10.2. The van der Waals surface area contributed by atoms with Crippen molar-refractivity contribution in [1.29, 1.82) is 0 Å². The summed E-state index contributed by atoms with van der Waals surface area (Å²) in [5.74, 6) is 0.356. The van der Waals surface area contributed by atoms with Crippen LogP contribution >= 0.6 is 22.7 Å². The first kappa shape index (κ1) is 9.81. The minimum Gasteiger partial charge on any atom is -0.506 e. The molecule has 0 unspecified atom stereocenters. The summed E-state index contributed by atoms with van der Waals surface area (Å²) in [7, 11) is 0. The molecule has 4 heteroatoms. The first-order valence-corrected chi connectivity index (χ1v) is 6.58. The summed E-state index contributed by atoms with van der Waals surface area (Å²) in [6.07, 6.45) is 0. The third-order valence-corrected chi connectivity index (χ3v) is 4.66. The van der Waals surface area contributed by atoms with Gasteiger partial charge in [0, 0.05) is 21.2 Å². The van der Waals surface area contributed by atoms with E-state index in [1.165, 1.54) is 0 Å². The molecule has 1 N–H and O–H groups in total. The molecule has 2 heterocycles. The average Bonchev–Trinajstić information content (AvgIpc) is 2.84. The Bertz CT molecular complexity index is 654. The second kappa shape index (κ2) is 3.57. The fraction of sp³-hybridized carbons (Fsp3) is 0.0833. The molecule has 0 amide bonds. The van der Waals surface area contributed by atoms with Crippen molar-refractivity contribution in [2.45, 2.75) is 6.92 Å². The van der Waals surface area contributed by atoms with Gasteiger partial charge in [-0.25, -0.2) is 4.98 Å². The van der Waals surface area contributed by atoms with Crippen LogP contribution in [0.4, 0.5) is 0 Å². The standard InChI is InChI=1S/C12H9NOS2/c1-7-6-15-12(13-7)11-10(14)8-4-2-3-5-9(8)16-11/h2-6,14H,1H3. The lowest BCUT2D eigenvalue weighted by Crippen LogP contribution is -1.72. The Morgan fingerprint density at radius 3 is 2.75 bits per heavy atom. The Kier molecular flexibility index (Phi) is 2.19. The highest BCUT2D eigenvalue weighted by Crippen LogP contribution is 2.44. The van der Waals surface area contributed by atoms with Crippen molar-refractivity contribution in [3.63, 3.8) is 0 Å². The Balaban J connectivity index is 2.28. The summed E-state index contributed by atoms with van der Waals surface area (Å²) in [5, 5.41) is 13.9. The second-order valence-corrected chi connectivity index (χ2v) is 5.48. The smallest absolute Gasteiger partial charge is 0.144 e. The molecule has 2 aromatic heterocycles. The van der Waals surface area contributed by atoms with Crippen molar-refractivity contribution in [2.75, 3.05) is 0 Å². The van der Waals surface area contributed by atoms with Gasteiger partial charge in [0.2, 0.25) is 0 Å². The van der Waals surface area contributed by atoms with Crippen molar-refractivity contribution in [3.05, 3.63) is 35.3 Å². The van der Waals surface area contributed by atoms with E-state index >= 15 is 0 Å². The van der Waals surface area contributed by atoms with E-state index in [1.54, 1.807) is 22.7 Å². The topological polar surface area (TPSA) is 33.1 Å². The van der Waals surface area contributed by atoms with Crippen LogP contribution in [0.25, 0.3) is 20.0 Å². The SMILES string of the molecule is Cc1csc(-c2sc3ccccc3c2O)n1. The summed E-state index contributed by atoms with van der Waals surface area (Å²) >= 11 is 3.16. The lowest BCUT2D eigenvalue weighted by molar-refractivity contribution is 0.485. The largest absolute Gasteiger partial charge is 0.506 e. The maximum Gasteiger partial charge on any atom is 0.144 e. The van der Waals surface area contributed by atoms with Gasteiger partial charge in [0.25, 0.3) is 0 Å². The summed E-state index contributed by atoms with van der Waals surface area (Å²) < 4.78 is 1.10. The van der Waals surface area contributed by atoms with E-state index in [0.717, 1.165) is 25.7 Å². The number of rotatable bonds is 1. The molecular weight excluding hydrogens is 238 g/mol. The third kappa shape index (κ3) is 1.42. The van der Waals surface area contributed by atoms with Crippen LogP contribution < -0.4 is 0 Å². The number of thiazole rings is 1. The quantitative estimate of drug-likeness (QED) is 0.704. The summed E-state index contributed by atoms with van der Waals surface area (Å²) in [4.78, 5) is 5.28. The molecule has 0 bridgehead atoms. The van der Waals surface area contributed by atoms with Gasteiger partial charge in [-0.15, -0.1) is 22.7 Å². The van der Waals surface area contributed by atoms with Gasteiger partial charge in [-0.3, -0.25) is 0 Å². The van der Waals surface area contributed by atoms with Gasteiger partial charge in [0.1, 0.15) is 15.6 Å². The first-order chi connectivity index (χ1) is 7.75. The van der Waals surface area contributed by atoms with E-state index in [-0.39, 0.29) is 0 Å². The van der Waals surface area contributed by atoms with E-state index in [1.807, 2.05) is 36.6 Å². The highest BCUT2D eigenvalue weighted by atomic mass is 32.1. The molecule has 1 aromatic carbocycles. The Morgan fingerprint density at radius 1 is 1.25 bits per heavy atom. The van der Waals surface area contributed by atoms with Gasteiger partial charge in [-0.05, 0) is 19.1 Å². The number of hydrogen-bond donors (Lipinski definition) is 1. The van der Waals surface area contributed by atoms with E-state index in [0.29, 0.717) is 5.75 Å². The lowest BCUT2D eigenvalue weighted by atomic mass is 10.2. The highest BCUT2D eigenvalue weighted by molar-refractivity contribution is 7.26. The molecule has 0 spiro atoms. The molecule has 80 valence electrons. The second-order valence-electron chi connectivity index (χ2n) is 3.57. The summed E-state index contributed by atoms with van der Waals surface area (Å²) in [5.41, 5.74) is 0.997. The van der Waals surface area contributed by atoms with Crippen LogP contribution in [-0.2, 0) is 0 Å². The van der Waals surface area contributed by atoms with Crippen molar-refractivity contribution >= 4 is 32.8 Å². The van der Waals surface area contributed by atoms with Gasteiger partial charge >= 0.3 is 0 Å². The van der Waals surface area contributed by atoms with Gasteiger partial charge in [0.05, 0.1) is 0 Å². The van der Waals surface area contributed by atoms with Crippen molar-refractivity contribution in [3.8, 4) is 15.6 Å². The number of hydrogen-bond acceptors (Lipinski definition) is 4. The molecule has 0 aliphatic rings. The molecule has 0 saturated carbocycles. The molecule has 0 atom stereocenters. The molecule has 0 fully saturated rings. The number of aromatic hydroxyl groups is 1. The van der Waals surface area contributed by atoms with Crippen LogP contribution in [-0.4, -0.2) is 10.1 Å². The predicted molar refractivity (Wildman–Crippen MR) is 69.3 cm³/mol. The Morgan fingerprint density at radius 2 is 2.06 bits per heavy atom. The van der Waals surface area contributed by atoms with Crippen molar-refractivity contribution in [1.82, 2.24) is 4.98 Å². The van der Waals surface area contributed by atoms with E-state index in [4.69, 9.17) is 0 Å². The number of fused-ring (bicyclic) bond motifs is 1. The molecule has 0 aliphatic carbocycles. The molecule has 16 heavy (non-hydrogen) atoms. The monoisotopic (exact) mass is 247 g/mol. The Labute approximate surface area is 101 Å². The fourth-order valence-electron chi connectivity index (χ4n) is 1.64. The van der Waals surface area contributed by atoms with Crippen LogP contribution in [0.5, 0.6) is 5.75 Å². The maximum absolute atomic E-state index is 10.1. The Hall–Kier alpha value is -1.39.